The smallest absolute Gasteiger partial charge is 0.274 e. The second kappa shape index (κ2) is 4.61. The summed E-state index contributed by atoms with van der Waals surface area (Å²) in [5.41, 5.74) is 5.81. The lowest BCUT2D eigenvalue weighted by Crippen LogP contribution is -2.35. The summed E-state index contributed by atoms with van der Waals surface area (Å²) >= 11 is 0. The summed E-state index contributed by atoms with van der Waals surface area (Å²) in [4.78, 5) is 0. The van der Waals surface area contributed by atoms with Gasteiger partial charge in [0, 0.05) is 12.5 Å². The van der Waals surface area contributed by atoms with Crippen LogP contribution in [0.15, 0.2) is 18.2 Å². The van der Waals surface area contributed by atoms with Gasteiger partial charge in [0.2, 0.25) is 0 Å². The Hall–Kier alpha value is -1.16. The molecule has 1 aromatic rings. The highest BCUT2D eigenvalue weighted by molar-refractivity contribution is 5.43. The molecule has 0 heterocycles. The molecule has 0 fully saturated rings. The summed E-state index contributed by atoms with van der Waals surface area (Å²) in [6.45, 7) is 4.49. The first-order valence-corrected chi connectivity index (χ1v) is 5.48. The van der Waals surface area contributed by atoms with E-state index in [0.29, 0.717) is 12.0 Å². The molecule has 0 aliphatic rings. The Bertz CT molecular complexity index is 391. The van der Waals surface area contributed by atoms with Gasteiger partial charge in [-0.2, -0.15) is 0 Å². The highest BCUT2D eigenvalue weighted by Gasteiger charge is 2.32. The summed E-state index contributed by atoms with van der Waals surface area (Å²) in [7, 11) is 1.39. The Balaban J connectivity index is 3.30. The predicted octanol–water partition coefficient (Wildman–Crippen LogP) is 3.09. The molecule has 0 aliphatic heterocycles. The normalized spacial score (nSPS) is 12.6. The van der Waals surface area contributed by atoms with Crippen molar-refractivity contribution in [1.29, 1.82) is 0 Å². The number of hydrogen-bond acceptors (Lipinski definition) is 2. The molecule has 0 radical (unpaired) electrons. The van der Waals surface area contributed by atoms with Gasteiger partial charge >= 0.3 is 0 Å². The minimum Gasteiger partial charge on any atom is -0.496 e. The van der Waals surface area contributed by atoms with Gasteiger partial charge in [0.25, 0.3) is 5.92 Å². The van der Waals surface area contributed by atoms with E-state index in [1.165, 1.54) is 7.11 Å². The molecule has 2 N–H and O–H groups in total. The number of ether oxygens (including phenoxy) is 1. The van der Waals surface area contributed by atoms with Crippen molar-refractivity contribution in [3.63, 3.8) is 0 Å². The minimum atomic E-state index is -2.94. The van der Waals surface area contributed by atoms with E-state index in [1.54, 1.807) is 18.2 Å². The highest BCUT2D eigenvalue weighted by Crippen LogP contribution is 2.38. The summed E-state index contributed by atoms with van der Waals surface area (Å²) < 4.78 is 32.2. The van der Waals surface area contributed by atoms with Crippen LogP contribution in [-0.2, 0) is 12.3 Å². The van der Waals surface area contributed by atoms with Crippen molar-refractivity contribution < 1.29 is 13.5 Å². The van der Waals surface area contributed by atoms with Crippen LogP contribution in [0.25, 0.3) is 0 Å². The fraction of sp³-hybridized carbons (Fsp3) is 0.538. The van der Waals surface area contributed by atoms with Gasteiger partial charge in [0.1, 0.15) is 5.75 Å². The first-order valence-electron chi connectivity index (χ1n) is 5.48. The molecule has 0 atom stereocenters. The molecule has 1 rings (SSSR count). The van der Waals surface area contributed by atoms with Crippen molar-refractivity contribution in [2.75, 3.05) is 7.11 Å². The van der Waals surface area contributed by atoms with Crippen LogP contribution in [-0.4, -0.2) is 12.6 Å². The molecule has 0 amide bonds. The van der Waals surface area contributed by atoms with Crippen molar-refractivity contribution in [2.24, 2.45) is 5.73 Å². The molecule has 0 spiro atoms. The Morgan fingerprint density at radius 1 is 1.24 bits per heavy atom. The van der Waals surface area contributed by atoms with Crippen LogP contribution in [0.1, 0.15) is 31.9 Å². The van der Waals surface area contributed by atoms with E-state index in [-0.39, 0.29) is 11.3 Å². The van der Waals surface area contributed by atoms with E-state index in [0.717, 1.165) is 6.92 Å². The molecule has 96 valence electrons. The largest absolute Gasteiger partial charge is 0.496 e. The monoisotopic (exact) mass is 243 g/mol. The Morgan fingerprint density at radius 2 is 1.82 bits per heavy atom. The summed E-state index contributed by atoms with van der Waals surface area (Å²) in [6.07, 6.45) is 0.378. The van der Waals surface area contributed by atoms with Crippen molar-refractivity contribution in [1.82, 2.24) is 0 Å². The maximum atomic E-state index is 13.6. The molecule has 2 nitrogen and oxygen atoms in total. The molecule has 0 aromatic heterocycles. The average molecular weight is 243 g/mol. The lowest BCUT2D eigenvalue weighted by Gasteiger charge is -2.24. The summed E-state index contributed by atoms with van der Waals surface area (Å²) in [6, 6.07) is 4.92. The van der Waals surface area contributed by atoms with Crippen molar-refractivity contribution in [3.8, 4) is 5.75 Å². The lowest BCUT2D eigenvalue weighted by molar-refractivity contribution is 0.0139. The maximum Gasteiger partial charge on any atom is 0.274 e. The van der Waals surface area contributed by atoms with E-state index >= 15 is 0 Å². The molecule has 17 heavy (non-hydrogen) atoms. The first-order chi connectivity index (χ1) is 7.65. The second-order valence-electron chi connectivity index (χ2n) is 5.05. The van der Waals surface area contributed by atoms with E-state index in [1.807, 2.05) is 13.8 Å². The van der Waals surface area contributed by atoms with Crippen LogP contribution in [0.4, 0.5) is 8.78 Å². The highest BCUT2D eigenvalue weighted by atomic mass is 19.3. The van der Waals surface area contributed by atoms with Crippen molar-refractivity contribution in [2.45, 2.75) is 38.7 Å². The van der Waals surface area contributed by atoms with Crippen molar-refractivity contribution >= 4 is 0 Å². The van der Waals surface area contributed by atoms with Gasteiger partial charge in [-0.05, 0) is 31.9 Å². The number of alkyl halides is 2. The molecule has 0 saturated heterocycles. The minimum absolute atomic E-state index is 0.0685. The standard InChI is InChI=1S/C13H19F2NO/c1-12(2,16)8-9-6-5-7-10(17-4)11(9)13(3,14)15/h5-7H,8,16H2,1-4H3. The molecular formula is C13H19F2NO. The first kappa shape index (κ1) is 13.9. The van der Waals surface area contributed by atoms with Gasteiger partial charge in [0.15, 0.2) is 0 Å². The van der Waals surface area contributed by atoms with Crippen LogP contribution in [0.5, 0.6) is 5.75 Å². The van der Waals surface area contributed by atoms with Crippen LogP contribution in [0.2, 0.25) is 0 Å². The average Bonchev–Trinajstić information content (AvgIpc) is 2.12. The molecule has 4 heteroatoms. The zero-order chi connectivity index (χ0) is 13.3. The van der Waals surface area contributed by atoms with Gasteiger partial charge in [-0.25, -0.2) is 8.78 Å². The summed E-state index contributed by atoms with van der Waals surface area (Å²) in [5, 5.41) is 0. The quantitative estimate of drug-likeness (QED) is 0.882. The molecule has 0 unspecified atom stereocenters. The lowest BCUT2D eigenvalue weighted by atomic mass is 9.90. The molecular weight excluding hydrogens is 224 g/mol. The Labute approximate surface area is 101 Å². The predicted molar refractivity (Wildman–Crippen MR) is 64.5 cm³/mol. The zero-order valence-corrected chi connectivity index (χ0v) is 10.7. The third-order valence-electron chi connectivity index (χ3n) is 2.42. The molecule has 0 saturated carbocycles. The Kier molecular flexibility index (Phi) is 3.77. The maximum absolute atomic E-state index is 13.6. The van der Waals surface area contributed by atoms with Crippen molar-refractivity contribution in [3.05, 3.63) is 29.3 Å². The Morgan fingerprint density at radius 3 is 2.24 bits per heavy atom. The van der Waals surface area contributed by atoms with Gasteiger partial charge in [0.05, 0.1) is 12.7 Å². The van der Waals surface area contributed by atoms with E-state index in [4.69, 9.17) is 10.5 Å². The van der Waals surface area contributed by atoms with Crippen LogP contribution in [0.3, 0.4) is 0 Å². The number of benzene rings is 1. The van der Waals surface area contributed by atoms with Gasteiger partial charge in [-0.15, -0.1) is 0 Å². The third kappa shape index (κ3) is 3.66. The van der Waals surface area contributed by atoms with Crippen LogP contribution < -0.4 is 10.5 Å². The van der Waals surface area contributed by atoms with Crippen LogP contribution in [0, 0.1) is 0 Å². The topological polar surface area (TPSA) is 35.2 Å². The fourth-order valence-corrected chi connectivity index (χ4v) is 1.88. The third-order valence-corrected chi connectivity index (χ3v) is 2.42. The number of halogens is 2. The van der Waals surface area contributed by atoms with Gasteiger partial charge < -0.3 is 10.5 Å². The summed E-state index contributed by atoms with van der Waals surface area (Å²) in [5.74, 6) is -2.73. The molecule has 0 aliphatic carbocycles. The fourth-order valence-electron chi connectivity index (χ4n) is 1.88. The molecule has 0 bridgehead atoms. The van der Waals surface area contributed by atoms with E-state index in [9.17, 15) is 8.78 Å². The zero-order valence-electron chi connectivity index (χ0n) is 10.7. The number of methoxy groups -OCH3 is 1. The number of nitrogens with two attached hydrogens (primary N) is 1. The van der Waals surface area contributed by atoms with Gasteiger partial charge in [-0.3, -0.25) is 0 Å². The second-order valence-corrected chi connectivity index (χ2v) is 5.05. The number of rotatable bonds is 4. The van der Waals surface area contributed by atoms with Gasteiger partial charge in [-0.1, -0.05) is 12.1 Å². The van der Waals surface area contributed by atoms with Crippen LogP contribution >= 0.6 is 0 Å². The van der Waals surface area contributed by atoms with E-state index < -0.39 is 11.5 Å². The SMILES string of the molecule is COc1cccc(CC(C)(C)N)c1C(C)(F)F. The molecule has 1 aromatic carbocycles. The van der Waals surface area contributed by atoms with E-state index in [2.05, 4.69) is 0 Å². The number of hydrogen-bond donors (Lipinski definition) is 1.